The largest absolute Gasteiger partial charge is 0.377 e. The molecule has 0 radical (unpaired) electrons. The van der Waals surface area contributed by atoms with Gasteiger partial charge in [-0.25, -0.2) is 0 Å². The molecule has 0 amide bonds. The molecule has 0 N–H and O–H groups in total. The predicted octanol–water partition coefficient (Wildman–Crippen LogP) is 4.76. The van der Waals surface area contributed by atoms with Crippen LogP contribution in [-0.4, -0.2) is 28.2 Å². The van der Waals surface area contributed by atoms with Crippen LogP contribution < -0.4 is 9.80 Å². The highest BCUT2D eigenvalue weighted by Crippen LogP contribution is 2.40. The highest BCUT2D eigenvalue weighted by Gasteiger charge is 2.16. The van der Waals surface area contributed by atoms with E-state index in [1.54, 1.807) is 0 Å². The predicted molar refractivity (Wildman–Crippen MR) is 97.9 cm³/mol. The first-order chi connectivity index (χ1) is 9.51. The van der Waals surface area contributed by atoms with Crippen molar-refractivity contribution in [2.24, 2.45) is 0 Å². The van der Waals surface area contributed by atoms with Crippen LogP contribution in [0, 0.1) is 0 Å². The Kier molecular flexibility index (Phi) is 4.97. The number of rotatable bonds is 4. The van der Waals surface area contributed by atoms with E-state index < -0.39 is 0 Å². The van der Waals surface area contributed by atoms with Crippen LogP contribution in [0.2, 0.25) is 0 Å². The molecule has 2 aromatic rings. The fraction of sp³-hybridized carbons (Fsp3) is 0.375. The van der Waals surface area contributed by atoms with Crippen molar-refractivity contribution in [2.45, 2.75) is 10.7 Å². The number of hydrogen-bond acceptors (Lipinski definition) is 2. The maximum atomic E-state index is 3.61. The van der Waals surface area contributed by atoms with Crippen molar-refractivity contribution >= 4 is 54.0 Å². The Hall–Kier alpha value is -0.740. The van der Waals surface area contributed by atoms with E-state index >= 15 is 0 Å². The molecule has 0 aliphatic carbocycles. The molecular weight excluding hydrogens is 380 g/mol. The van der Waals surface area contributed by atoms with Crippen LogP contribution in [0.25, 0.3) is 10.8 Å². The Morgan fingerprint density at radius 1 is 0.750 bits per heavy atom. The number of halogens is 2. The lowest BCUT2D eigenvalue weighted by Crippen LogP contribution is -2.16. The number of alkyl halides is 2. The highest BCUT2D eigenvalue weighted by molar-refractivity contribution is 9.08. The van der Waals surface area contributed by atoms with Crippen molar-refractivity contribution < 1.29 is 0 Å². The van der Waals surface area contributed by atoms with Gasteiger partial charge in [0.15, 0.2) is 0 Å². The minimum Gasteiger partial charge on any atom is -0.377 e. The number of anilines is 2. The first kappa shape index (κ1) is 15.6. The molecule has 2 aromatic carbocycles. The van der Waals surface area contributed by atoms with Gasteiger partial charge < -0.3 is 9.80 Å². The molecule has 0 atom stereocenters. The second-order valence-electron chi connectivity index (χ2n) is 5.30. The third-order valence-corrected chi connectivity index (χ3v) is 4.69. The van der Waals surface area contributed by atoms with Crippen LogP contribution in [0.15, 0.2) is 24.3 Å². The summed E-state index contributed by atoms with van der Waals surface area (Å²) in [6.45, 7) is 0. The molecule has 0 aliphatic rings. The minimum absolute atomic E-state index is 0.863. The number of fused-ring (bicyclic) bond motifs is 1. The minimum atomic E-state index is 0.863. The van der Waals surface area contributed by atoms with Gasteiger partial charge in [0.1, 0.15) is 0 Å². The van der Waals surface area contributed by atoms with Crippen molar-refractivity contribution in [1.29, 1.82) is 0 Å². The van der Waals surface area contributed by atoms with Crippen molar-refractivity contribution in [3.8, 4) is 0 Å². The SMILES string of the molecule is CN(C)c1c(CBr)ccc2ccc(CBr)c(N(C)C)c12. The molecule has 20 heavy (non-hydrogen) atoms. The fourth-order valence-corrected chi connectivity index (χ4v) is 3.61. The quantitative estimate of drug-likeness (QED) is 0.683. The van der Waals surface area contributed by atoms with Gasteiger partial charge in [-0.3, -0.25) is 0 Å². The Labute approximate surface area is 138 Å². The van der Waals surface area contributed by atoms with Crippen LogP contribution in [0.3, 0.4) is 0 Å². The van der Waals surface area contributed by atoms with Gasteiger partial charge in [-0.1, -0.05) is 56.1 Å². The smallest absolute Gasteiger partial charge is 0.0502 e. The Morgan fingerprint density at radius 3 is 1.45 bits per heavy atom. The van der Waals surface area contributed by atoms with Crippen LogP contribution in [0.5, 0.6) is 0 Å². The molecule has 0 spiro atoms. The fourth-order valence-electron chi connectivity index (χ4n) is 2.70. The van der Waals surface area contributed by atoms with Gasteiger partial charge in [-0.15, -0.1) is 0 Å². The Morgan fingerprint density at radius 2 is 1.15 bits per heavy atom. The standard InChI is InChI=1S/C16H20Br2N2/c1-19(2)15-12(9-17)7-5-11-6-8-13(10-18)16(14(11)15)20(3)4/h5-8H,9-10H2,1-4H3. The maximum absolute atomic E-state index is 3.61. The van der Waals surface area contributed by atoms with Crippen LogP contribution in [0.4, 0.5) is 11.4 Å². The van der Waals surface area contributed by atoms with Gasteiger partial charge in [0.25, 0.3) is 0 Å². The first-order valence-corrected chi connectivity index (χ1v) is 8.79. The molecule has 0 unspecified atom stereocenters. The third-order valence-electron chi connectivity index (χ3n) is 3.48. The molecule has 4 heteroatoms. The summed E-state index contributed by atoms with van der Waals surface area (Å²) in [7, 11) is 8.45. The Bertz CT molecular complexity index is 571. The third kappa shape index (κ3) is 2.68. The lowest BCUT2D eigenvalue weighted by molar-refractivity contribution is 1.10. The van der Waals surface area contributed by atoms with Gasteiger partial charge >= 0.3 is 0 Å². The van der Waals surface area contributed by atoms with E-state index in [-0.39, 0.29) is 0 Å². The molecule has 0 heterocycles. The van der Waals surface area contributed by atoms with Gasteiger partial charge in [0.2, 0.25) is 0 Å². The summed E-state index contributed by atoms with van der Waals surface area (Å²) in [5.74, 6) is 0. The zero-order chi connectivity index (χ0) is 14.9. The van der Waals surface area contributed by atoms with Crippen LogP contribution in [-0.2, 0) is 10.7 Å². The average Bonchev–Trinajstić information content (AvgIpc) is 2.43. The summed E-state index contributed by atoms with van der Waals surface area (Å²) in [5, 5.41) is 4.34. The summed E-state index contributed by atoms with van der Waals surface area (Å²) in [5.41, 5.74) is 5.23. The van der Waals surface area contributed by atoms with E-state index in [1.807, 2.05) is 0 Å². The topological polar surface area (TPSA) is 6.48 Å². The van der Waals surface area contributed by atoms with Gasteiger partial charge in [-0.2, -0.15) is 0 Å². The monoisotopic (exact) mass is 398 g/mol. The van der Waals surface area contributed by atoms with Crippen molar-refractivity contribution in [1.82, 2.24) is 0 Å². The molecule has 0 saturated carbocycles. The molecule has 0 fully saturated rings. The van der Waals surface area contributed by atoms with Crippen molar-refractivity contribution in [3.63, 3.8) is 0 Å². The molecule has 0 bridgehead atoms. The summed E-state index contributed by atoms with van der Waals surface area (Å²) >= 11 is 7.22. The van der Waals surface area contributed by atoms with Gasteiger partial charge in [0.05, 0.1) is 11.4 Å². The zero-order valence-electron chi connectivity index (χ0n) is 12.4. The second-order valence-corrected chi connectivity index (χ2v) is 6.42. The summed E-state index contributed by atoms with van der Waals surface area (Å²) in [6.07, 6.45) is 0. The lowest BCUT2D eigenvalue weighted by atomic mass is 9.99. The molecule has 0 aromatic heterocycles. The first-order valence-electron chi connectivity index (χ1n) is 6.55. The molecule has 2 rings (SSSR count). The Balaban J connectivity index is 2.95. The van der Waals surface area contributed by atoms with Crippen LogP contribution >= 0.6 is 31.9 Å². The molecule has 0 saturated heterocycles. The number of benzene rings is 2. The summed E-state index contributed by atoms with van der Waals surface area (Å²) in [6, 6.07) is 8.84. The summed E-state index contributed by atoms with van der Waals surface area (Å²) in [4.78, 5) is 4.42. The normalized spacial score (nSPS) is 10.9. The highest BCUT2D eigenvalue weighted by atomic mass is 79.9. The molecule has 2 nitrogen and oxygen atoms in total. The van der Waals surface area contributed by atoms with E-state index in [0.29, 0.717) is 0 Å². The van der Waals surface area contributed by atoms with E-state index in [9.17, 15) is 0 Å². The second kappa shape index (κ2) is 6.35. The van der Waals surface area contributed by atoms with Crippen molar-refractivity contribution in [3.05, 3.63) is 35.4 Å². The van der Waals surface area contributed by atoms with Gasteiger partial charge in [0, 0.05) is 44.2 Å². The summed E-state index contributed by atoms with van der Waals surface area (Å²) < 4.78 is 0. The number of nitrogens with zero attached hydrogens (tertiary/aromatic N) is 2. The average molecular weight is 400 g/mol. The molecular formula is C16H20Br2N2. The van der Waals surface area contributed by atoms with E-state index in [1.165, 1.54) is 33.3 Å². The van der Waals surface area contributed by atoms with E-state index in [4.69, 9.17) is 0 Å². The van der Waals surface area contributed by atoms with E-state index in [0.717, 1.165) is 10.7 Å². The van der Waals surface area contributed by atoms with E-state index in [2.05, 4.69) is 94.1 Å². The molecule has 0 aliphatic heterocycles. The van der Waals surface area contributed by atoms with Crippen molar-refractivity contribution in [2.75, 3.05) is 38.0 Å². The van der Waals surface area contributed by atoms with Gasteiger partial charge in [-0.05, 0) is 16.5 Å². The van der Waals surface area contributed by atoms with Crippen LogP contribution in [0.1, 0.15) is 11.1 Å². The maximum Gasteiger partial charge on any atom is 0.0502 e. The lowest BCUT2D eigenvalue weighted by Gasteiger charge is -2.26. The zero-order valence-corrected chi connectivity index (χ0v) is 15.5. The molecule has 108 valence electrons. The number of hydrogen-bond donors (Lipinski definition) is 0.